The zero-order valence-electron chi connectivity index (χ0n) is 15.8. The molecule has 6 nitrogen and oxygen atoms in total. The first-order valence-electron chi connectivity index (χ1n) is 8.89. The second kappa shape index (κ2) is 6.36. The highest BCUT2D eigenvalue weighted by Gasteiger charge is 2.38. The fourth-order valence-electron chi connectivity index (χ4n) is 3.73. The largest absolute Gasteiger partial charge is 0.386 e. The van der Waals surface area contributed by atoms with Gasteiger partial charge in [0.1, 0.15) is 17.5 Å². The van der Waals surface area contributed by atoms with Gasteiger partial charge in [-0.15, -0.1) is 0 Å². The summed E-state index contributed by atoms with van der Waals surface area (Å²) in [6.45, 7) is 2.50. The maximum absolute atomic E-state index is 13.8. The second-order valence-corrected chi connectivity index (χ2v) is 9.59. The summed E-state index contributed by atoms with van der Waals surface area (Å²) in [7, 11) is -3.82. The number of sulfonamides is 1. The Morgan fingerprint density at radius 1 is 1.03 bits per heavy atom. The SMILES string of the molecule is CC1=CC(=N)N(CC(C)(O)Cn2c3ccc(F)cc3c3cc(F)ccc32)S1(=O)=O. The van der Waals surface area contributed by atoms with Gasteiger partial charge in [0.15, 0.2) is 0 Å². The molecule has 29 heavy (non-hydrogen) atoms. The van der Waals surface area contributed by atoms with E-state index >= 15 is 0 Å². The minimum atomic E-state index is -3.82. The zero-order valence-corrected chi connectivity index (χ0v) is 16.6. The lowest BCUT2D eigenvalue weighted by atomic mass is 10.1. The van der Waals surface area contributed by atoms with Crippen molar-refractivity contribution in [3.05, 3.63) is 59.0 Å². The maximum atomic E-state index is 13.8. The number of allylic oxidation sites excluding steroid dienone is 1. The van der Waals surface area contributed by atoms with Gasteiger partial charge in [-0.25, -0.2) is 21.5 Å². The van der Waals surface area contributed by atoms with Crippen LogP contribution in [0.15, 0.2) is 47.4 Å². The molecular weight excluding hydrogens is 400 g/mol. The molecule has 152 valence electrons. The third-order valence-electron chi connectivity index (χ3n) is 5.08. The van der Waals surface area contributed by atoms with Crippen LogP contribution in [0.2, 0.25) is 0 Å². The van der Waals surface area contributed by atoms with Crippen molar-refractivity contribution in [2.45, 2.75) is 26.0 Å². The Morgan fingerprint density at radius 2 is 1.55 bits per heavy atom. The third-order valence-corrected chi connectivity index (χ3v) is 6.92. The molecule has 1 unspecified atom stereocenters. The van der Waals surface area contributed by atoms with Gasteiger partial charge in [-0.1, -0.05) is 0 Å². The number of amidine groups is 1. The van der Waals surface area contributed by atoms with Crippen molar-refractivity contribution >= 4 is 37.7 Å². The zero-order chi connectivity index (χ0) is 21.1. The molecular formula is C20H19F2N3O3S. The van der Waals surface area contributed by atoms with E-state index in [9.17, 15) is 22.3 Å². The van der Waals surface area contributed by atoms with Crippen molar-refractivity contribution in [3.63, 3.8) is 0 Å². The van der Waals surface area contributed by atoms with Crippen molar-refractivity contribution in [1.82, 2.24) is 8.87 Å². The molecule has 0 radical (unpaired) electrons. The fraction of sp³-hybridized carbons (Fsp3) is 0.250. The van der Waals surface area contributed by atoms with Gasteiger partial charge in [0.2, 0.25) is 0 Å². The van der Waals surface area contributed by atoms with Gasteiger partial charge in [0.25, 0.3) is 10.0 Å². The number of benzene rings is 2. The summed E-state index contributed by atoms with van der Waals surface area (Å²) in [5.74, 6) is -1.15. The number of fused-ring (bicyclic) bond motifs is 3. The van der Waals surface area contributed by atoms with Gasteiger partial charge in [0, 0.05) is 21.8 Å². The van der Waals surface area contributed by atoms with Crippen molar-refractivity contribution in [1.29, 1.82) is 5.41 Å². The van der Waals surface area contributed by atoms with E-state index in [2.05, 4.69) is 0 Å². The summed E-state index contributed by atoms with van der Waals surface area (Å²) in [4.78, 5) is 0.0427. The Morgan fingerprint density at radius 3 is 2.00 bits per heavy atom. The van der Waals surface area contributed by atoms with Gasteiger partial charge in [0.05, 0.1) is 23.6 Å². The fourth-order valence-corrected chi connectivity index (χ4v) is 5.10. The van der Waals surface area contributed by atoms with Crippen LogP contribution in [-0.4, -0.2) is 40.4 Å². The van der Waals surface area contributed by atoms with Crippen LogP contribution in [0.4, 0.5) is 8.78 Å². The number of aromatic nitrogens is 1. The summed E-state index contributed by atoms with van der Waals surface area (Å²) in [6.07, 6.45) is 1.23. The molecule has 0 saturated carbocycles. The molecule has 0 fully saturated rings. The number of halogens is 2. The minimum Gasteiger partial charge on any atom is -0.386 e. The summed E-state index contributed by atoms with van der Waals surface area (Å²) in [5.41, 5.74) is -0.388. The number of β-amino-alcohol motifs (C(OH)–C–C–N with tert-alkyl or cyclic N) is 1. The first-order chi connectivity index (χ1) is 13.5. The Labute approximate surface area is 166 Å². The Hall–Kier alpha value is -2.78. The molecule has 0 bridgehead atoms. The predicted octanol–water partition coefficient (Wildman–Crippen LogP) is 3.35. The molecule has 1 atom stereocenters. The second-order valence-electron chi connectivity index (χ2n) is 7.56. The molecule has 3 aromatic rings. The van der Waals surface area contributed by atoms with E-state index in [-0.39, 0.29) is 23.8 Å². The van der Waals surface area contributed by atoms with Gasteiger partial charge in [-0.05, 0) is 56.3 Å². The highest BCUT2D eigenvalue weighted by Crippen LogP contribution is 2.32. The van der Waals surface area contributed by atoms with Crippen LogP contribution in [0.3, 0.4) is 0 Å². The van der Waals surface area contributed by atoms with Crippen LogP contribution in [0.25, 0.3) is 21.8 Å². The van der Waals surface area contributed by atoms with Crippen LogP contribution in [0.5, 0.6) is 0 Å². The number of hydrogen-bond donors (Lipinski definition) is 2. The van der Waals surface area contributed by atoms with E-state index in [0.29, 0.717) is 21.8 Å². The molecule has 1 aromatic heterocycles. The normalized spacial score (nSPS) is 18.4. The molecule has 1 aliphatic rings. The highest BCUT2D eigenvalue weighted by molar-refractivity contribution is 7.94. The van der Waals surface area contributed by atoms with Crippen LogP contribution in [0.1, 0.15) is 13.8 Å². The maximum Gasteiger partial charge on any atom is 0.261 e. The van der Waals surface area contributed by atoms with E-state index in [1.54, 1.807) is 16.7 Å². The van der Waals surface area contributed by atoms with Gasteiger partial charge >= 0.3 is 0 Å². The molecule has 9 heteroatoms. The van der Waals surface area contributed by atoms with Gasteiger partial charge < -0.3 is 9.67 Å². The standard InChI is InChI=1S/C20H19F2N3O3S/c1-12-7-19(23)25(29(12,27)28)11-20(2,26)10-24-17-5-3-13(21)8-15(17)16-9-14(22)4-6-18(16)24/h3-9,23,26H,10-11H2,1-2H3. The molecule has 2 aromatic carbocycles. The van der Waals surface area contributed by atoms with E-state index < -0.39 is 27.3 Å². The van der Waals surface area contributed by atoms with Crippen molar-refractivity contribution in [2.24, 2.45) is 0 Å². The molecule has 0 amide bonds. The average Bonchev–Trinajstić information content (AvgIpc) is 3.00. The Bertz CT molecular complexity index is 1250. The van der Waals surface area contributed by atoms with Gasteiger partial charge in [-0.2, -0.15) is 0 Å². The van der Waals surface area contributed by atoms with Crippen molar-refractivity contribution in [2.75, 3.05) is 6.54 Å². The van der Waals surface area contributed by atoms with Crippen LogP contribution in [0, 0.1) is 17.0 Å². The first-order valence-corrected chi connectivity index (χ1v) is 10.3. The quantitative estimate of drug-likeness (QED) is 0.680. The van der Waals surface area contributed by atoms with E-state index in [0.717, 1.165) is 4.31 Å². The lowest BCUT2D eigenvalue weighted by Crippen LogP contribution is -2.46. The number of aliphatic hydroxyl groups is 1. The smallest absolute Gasteiger partial charge is 0.261 e. The monoisotopic (exact) mass is 419 g/mol. The summed E-state index contributed by atoms with van der Waals surface area (Å²) in [6, 6.07) is 8.23. The molecule has 2 N–H and O–H groups in total. The van der Waals surface area contributed by atoms with E-state index in [4.69, 9.17) is 5.41 Å². The highest BCUT2D eigenvalue weighted by atomic mass is 32.2. The molecule has 0 aliphatic carbocycles. The average molecular weight is 419 g/mol. The lowest BCUT2D eigenvalue weighted by Gasteiger charge is -2.30. The number of nitrogens with zero attached hydrogens (tertiary/aromatic N) is 2. The van der Waals surface area contributed by atoms with Crippen LogP contribution in [-0.2, 0) is 16.6 Å². The minimum absolute atomic E-state index is 0.0391. The molecule has 2 heterocycles. The summed E-state index contributed by atoms with van der Waals surface area (Å²) < 4.78 is 54.9. The molecule has 1 aliphatic heterocycles. The molecule has 4 rings (SSSR count). The number of rotatable bonds is 4. The van der Waals surface area contributed by atoms with Gasteiger partial charge in [-0.3, -0.25) is 5.41 Å². The van der Waals surface area contributed by atoms with Crippen molar-refractivity contribution < 1.29 is 22.3 Å². The number of hydrogen-bond acceptors (Lipinski definition) is 4. The topological polar surface area (TPSA) is 86.4 Å². The molecule has 0 saturated heterocycles. The summed E-state index contributed by atoms with van der Waals surface area (Å²) in [5, 5.41) is 19.9. The third kappa shape index (κ3) is 3.20. The molecule has 0 spiro atoms. The summed E-state index contributed by atoms with van der Waals surface area (Å²) >= 11 is 0. The Kier molecular flexibility index (Phi) is 4.29. The lowest BCUT2D eigenvalue weighted by molar-refractivity contribution is 0.0361. The predicted molar refractivity (Wildman–Crippen MR) is 107 cm³/mol. The van der Waals surface area contributed by atoms with Crippen LogP contribution >= 0.6 is 0 Å². The Balaban J connectivity index is 1.78. The first kappa shape index (κ1) is 19.5. The van der Waals surface area contributed by atoms with E-state index in [1.807, 2.05) is 0 Å². The van der Waals surface area contributed by atoms with E-state index in [1.165, 1.54) is 44.2 Å². The van der Waals surface area contributed by atoms with Crippen molar-refractivity contribution in [3.8, 4) is 0 Å². The van der Waals surface area contributed by atoms with Crippen LogP contribution < -0.4 is 0 Å². The number of nitrogens with one attached hydrogen (secondary N) is 1.